The van der Waals surface area contributed by atoms with Crippen LogP contribution in [0, 0.1) is 0 Å². The van der Waals surface area contributed by atoms with Gasteiger partial charge < -0.3 is 14.5 Å². The average Bonchev–Trinajstić information content (AvgIpc) is 3.44. The van der Waals surface area contributed by atoms with Gasteiger partial charge in [0.05, 0.1) is 23.4 Å². The number of fused-ring (bicyclic) bond motifs is 1. The lowest BCUT2D eigenvalue weighted by molar-refractivity contribution is -0.130. The lowest BCUT2D eigenvalue weighted by Gasteiger charge is -2.13. The number of amides is 3. The summed E-state index contributed by atoms with van der Waals surface area (Å²) in [7, 11) is 0. The molecule has 0 saturated carbocycles. The number of hydrogen-bond donors (Lipinski definition) is 1. The van der Waals surface area contributed by atoms with Crippen molar-refractivity contribution in [3.63, 3.8) is 0 Å². The van der Waals surface area contributed by atoms with Gasteiger partial charge in [0.25, 0.3) is 5.91 Å². The van der Waals surface area contributed by atoms with Crippen molar-refractivity contribution < 1.29 is 23.5 Å². The van der Waals surface area contributed by atoms with Crippen molar-refractivity contribution in [2.75, 3.05) is 19.7 Å². The van der Waals surface area contributed by atoms with Gasteiger partial charge in [-0.3, -0.25) is 9.69 Å². The van der Waals surface area contributed by atoms with Crippen LogP contribution in [0.15, 0.2) is 35.1 Å². The van der Waals surface area contributed by atoms with Crippen molar-refractivity contribution in [2.45, 2.75) is 19.9 Å². The quantitative estimate of drug-likeness (QED) is 0.654. The van der Waals surface area contributed by atoms with Gasteiger partial charge in [0.2, 0.25) is 0 Å². The summed E-state index contributed by atoms with van der Waals surface area (Å²) in [5.41, 5.74) is 1.17. The van der Waals surface area contributed by atoms with Crippen LogP contribution < -0.4 is 5.32 Å². The first-order chi connectivity index (χ1) is 14.0. The number of esters is 1. The second-order valence-electron chi connectivity index (χ2n) is 6.81. The number of hydrogen-bond acceptors (Lipinski definition) is 7. The van der Waals surface area contributed by atoms with Gasteiger partial charge in [-0.1, -0.05) is 0 Å². The van der Waals surface area contributed by atoms with Crippen LogP contribution in [-0.4, -0.2) is 57.3 Å². The Balaban J connectivity index is 1.65. The van der Waals surface area contributed by atoms with Gasteiger partial charge in [-0.05, 0) is 32.0 Å². The number of imide groups is 1. The Labute approximate surface area is 165 Å². The highest BCUT2D eigenvalue weighted by Gasteiger charge is 2.27. The van der Waals surface area contributed by atoms with Gasteiger partial charge in [-0.25, -0.2) is 19.3 Å². The molecule has 29 heavy (non-hydrogen) atoms. The molecule has 0 spiro atoms. The molecule has 3 aromatic heterocycles. The Morgan fingerprint density at radius 1 is 1.38 bits per heavy atom. The highest BCUT2D eigenvalue weighted by molar-refractivity contribution is 6.04. The van der Waals surface area contributed by atoms with Gasteiger partial charge in [-0.2, -0.15) is 5.10 Å². The summed E-state index contributed by atoms with van der Waals surface area (Å²) in [5, 5.41) is 7.35. The predicted octanol–water partition coefficient (Wildman–Crippen LogP) is 1.98. The van der Waals surface area contributed by atoms with Gasteiger partial charge >= 0.3 is 12.0 Å². The summed E-state index contributed by atoms with van der Waals surface area (Å²) in [6.07, 6.45) is 3.05. The number of nitrogens with one attached hydrogen (secondary N) is 1. The zero-order valence-electron chi connectivity index (χ0n) is 15.9. The van der Waals surface area contributed by atoms with Crippen LogP contribution in [-0.2, 0) is 9.53 Å². The SMILES string of the molecule is CC(C)n1ncc2c(C(=O)OCC(=O)N3CCNC3=O)cc(-c3ccco3)nc21. The summed E-state index contributed by atoms with van der Waals surface area (Å²) in [6, 6.07) is 4.53. The van der Waals surface area contributed by atoms with Crippen LogP contribution in [0.4, 0.5) is 4.79 Å². The number of ether oxygens (including phenoxy) is 1. The van der Waals surface area contributed by atoms with Crippen molar-refractivity contribution in [3.05, 3.63) is 36.2 Å². The van der Waals surface area contributed by atoms with Crippen molar-refractivity contribution in [1.29, 1.82) is 0 Å². The molecular weight excluding hydrogens is 378 g/mol. The minimum absolute atomic E-state index is 0.0194. The van der Waals surface area contributed by atoms with Crippen LogP contribution in [0.3, 0.4) is 0 Å². The van der Waals surface area contributed by atoms with E-state index in [2.05, 4.69) is 15.4 Å². The Morgan fingerprint density at radius 2 is 2.21 bits per heavy atom. The minimum Gasteiger partial charge on any atom is -0.463 e. The van der Waals surface area contributed by atoms with E-state index in [0.29, 0.717) is 29.0 Å². The number of urea groups is 1. The lowest BCUT2D eigenvalue weighted by Crippen LogP contribution is -2.37. The van der Waals surface area contributed by atoms with Crippen molar-refractivity contribution >= 4 is 28.9 Å². The third-order valence-corrected chi connectivity index (χ3v) is 4.53. The number of carbonyl (C=O) groups excluding carboxylic acids is 3. The van der Waals surface area contributed by atoms with Crippen LogP contribution in [0.2, 0.25) is 0 Å². The van der Waals surface area contributed by atoms with E-state index >= 15 is 0 Å². The molecule has 10 heteroatoms. The Hall–Kier alpha value is -3.69. The molecule has 4 rings (SSSR count). The Morgan fingerprint density at radius 3 is 2.86 bits per heavy atom. The van der Waals surface area contributed by atoms with E-state index in [0.717, 1.165) is 4.90 Å². The summed E-state index contributed by atoms with van der Waals surface area (Å²) in [4.78, 5) is 42.1. The zero-order chi connectivity index (χ0) is 20.5. The smallest absolute Gasteiger partial charge is 0.339 e. The van der Waals surface area contributed by atoms with E-state index in [9.17, 15) is 14.4 Å². The summed E-state index contributed by atoms with van der Waals surface area (Å²) >= 11 is 0. The first kappa shape index (κ1) is 18.7. The number of carbonyl (C=O) groups is 3. The number of aromatic nitrogens is 3. The number of nitrogens with zero attached hydrogens (tertiary/aromatic N) is 4. The second kappa shape index (κ2) is 7.38. The summed E-state index contributed by atoms with van der Waals surface area (Å²) in [5.74, 6) is -0.800. The molecule has 1 saturated heterocycles. The third kappa shape index (κ3) is 3.44. The molecule has 1 aliphatic heterocycles. The molecule has 1 N–H and O–H groups in total. The molecule has 1 fully saturated rings. The molecule has 0 unspecified atom stereocenters. The molecule has 0 atom stereocenters. The monoisotopic (exact) mass is 397 g/mol. The predicted molar refractivity (Wildman–Crippen MR) is 101 cm³/mol. The normalized spacial score (nSPS) is 13.9. The van der Waals surface area contributed by atoms with Gasteiger partial charge in [0, 0.05) is 19.1 Å². The molecule has 3 aromatic rings. The molecule has 3 amide bonds. The molecular formula is C19H19N5O5. The average molecular weight is 397 g/mol. The molecule has 0 radical (unpaired) electrons. The first-order valence-electron chi connectivity index (χ1n) is 9.13. The maximum absolute atomic E-state index is 12.8. The third-order valence-electron chi connectivity index (χ3n) is 4.53. The van der Waals surface area contributed by atoms with Crippen LogP contribution in [0.5, 0.6) is 0 Å². The topological polar surface area (TPSA) is 120 Å². The van der Waals surface area contributed by atoms with E-state index in [1.165, 1.54) is 6.26 Å². The summed E-state index contributed by atoms with van der Waals surface area (Å²) < 4.78 is 12.3. The fraction of sp³-hybridized carbons (Fsp3) is 0.316. The van der Waals surface area contributed by atoms with E-state index < -0.39 is 24.5 Å². The molecule has 0 aliphatic carbocycles. The molecule has 1 aliphatic rings. The van der Waals surface area contributed by atoms with Crippen LogP contribution >= 0.6 is 0 Å². The molecule has 4 heterocycles. The Bertz CT molecular complexity index is 1090. The fourth-order valence-electron chi connectivity index (χ4n) is 3.11. The van der Waals surface area contributed by atoms with Crippen LogP contribution in [0.1, 0.15) is 30.2 Å². The second-order valence-corrected chi connectivity index (χ2v) is 6.81. The van der Waals surface area contributed by atoms with E-state index in [1.807, 2.05) is 13.8 Å². The number of rotatable bonds is 5. The fourth-order valence-corrected chi connectivity index (χ4v) is 3.11. The van der Waals surface area contributed by atoms with Gasteiger partial charge in [-0.15, -0.1) is 0 Å². The minimum atomic E-state index is -0.707. The Kier molecular flexibility index (Phi) is 4.75. The standard InChI is InChI=1S/C19H19N5O5/c1-11(2)24-17-13(9-21-24)12(8-14(22-17)15-4-3-7-28-15)18(26)29-10-16(25)23-6-5-20-19(23)27/h3-4,7-9,11H,5-6,10H2,1-2H3,(H,20,27). The molecule has 10 nitrogen and oxygen atoms in total. The molecule has 0 aromatic carbocycles. The van der Waals surface area contributed by atoms with Crippen molar-refractivity contribution in [3.8, 4) is 11.5 Å². The van der Waals surface area contributed by atoms with Gasteiger partial charge in [0.1, 0.15) is 5.69 Å². The highest BCUT2D eigenvalue weighted by atomic mass is 16.5. The highest BCUT2D eigenvalue weighted by Crippen LogP contribution is 2.27. The largest absolute Gasteiger partial charge is 0.463 e. The maximum atomic E-state index is 12.8. The maximum Gasteiger partial charge on any atom is 0.339 e. The first-order valence-corrected chi connectivity index (χ1v) is 9.13. The van der Waals surface area contributed by atoms with Crippen LogP contribution in [0.25, 0.3) is 22.5 Å². The van der Waals surface area contributed by atoms with Gasteiger partial charge in [0.15, 0.2) is 18.0 Å². The van der Waals surface area contributed by atoms with E-state index in [-0.39, 0.29) is 18.2 Å². The zero-order valence-corrected chi connectivity index (χ0v) is 15.9. The summed E-state index contributed by atoms with van der Waals surface area (Å²) in [6.45, 7) is 3.99. The number of pyridine rings is 1. The van der Waals surface area contributed by atoms with Crippen molar-refractivity contribution in [2.24, 2.45) is 0 Å². The molecule has 0 bridgehead atoms. The van der Waals surface area contributed by atoms with E-state index in [4.69, 9.17) is 9.15 Å². The number of furan rings is 1. The lowest BCUT2D eigenvalue weighted by atomic mass is 10.1. The van der Waals surface area contributed by atoms with Crippen molar-refractivity contribution in [1.82, 2.24) is 25.0 Å². The van der Waals surface area contributed by atoms with E-state index in [1.54, 1.807) is 29.1 Å². The molecule has 150 valence electrons.